The summed E-state index contributed by atoms with van der Waals surface area (Å²) in [5, 5.41) is 20.3. The Kier molecular flexibility index (Phi) is 9.57. The number of rotatable bonds is 7. The van der Waals surface area contributed by atoms with E-state index in [1.807, 2.05) is 18.8 Å². The maximum Gasteiger partial charge on any atom is 0.191 e. The Morgan fingerprint density at radius 3 is 2.70 bits per heavy atom. The monoisotopic (exact) mass is 528 g/mol. The first kappa shape index (κ1) is 24.6. The number of aliphatic imine (C=N–C) groups is 1. The maximum absolute atomic E-state index is 4.51. The predicted octanol–water partition coefficient (Wildman–Crippen LogP) is 2.70. The predicted molar refractivity (Wildman–Crippen MR) is 132 cm³/mol. The smallest absolute Gasteiger partial charge is 0.191 e. The fraction of sp³-hybridized carbons (Fsp3) is 0.714. The molecular formula is C21H37IN8. The van der Waals surface area contributed by atoms with Gasteiger partial charge in [0, 0.05) is 51.8 Å². The van der Waals surface area contributed by atoms with Gasteiger partial charge in [0.05, 0.1) is 5.69 Å². The Morgan fingerprint density at radius 2 is 2.00 bits per heavy atom. The lowest BCUT2D eigenvalue weighted by Gasteiger charge is -2.18. The van der Waals surface area contributed by atoms with Gasteiger partial charge in [0.1, 0.15) is 11.6 Å². The van der Waals surface area contributed by atoms with Crippen LogP contribution in [0.1, 0.15) is 61.2 Å². The van der Waals surface area contributed by atoms with Crippen molar-refractivity contribution in [2.24, 2.45) is 12.0 Å². The maximum atomic E-state index is 4.51. The normalized spacial score (nSPS) is 15.2. The van der Waals surface area contributed by atoms with E-state index >= 15 is 0 Å². The zero-order chi connectivity index (χ0) is 20.8. The molecule has 0 amide bonds. The van der Waals surface area contributed by atoms with Crippen LogP contribution in [-0.2, 0) is 32.9 Å². The minimum Gasteiger partial charge on any atom is -0.356 e. The van der Waals surface area contributed by atoms with Gasteiger partial charge >= 0.3 is 0 Å². The summed E-state index contributed by atoms with van der Waals surface area (Å²) < 4.78 is 4.29. The van der Waals surface area contributed by atoms with Crippen molar-refractivity contribution in [1.29, 1.82) is 0 Å². The number of halogens is 1. The number of aromatic nitrogens is 5. The summed E-state index contributed by atoms with van der Waals surface area (Å²) in [5.74, 6) is 3.14. The summed E-state index contributed by atoms with van der Waals surface area (Å²) in [5.41, 5.74) is 3.65. The molecule has 9 heteroatoms. The lowest BCUT2D eigenvalue weighted by atomic mass is 10.1. The van der Waals surface area contributed by atoms with E-state index < -0.39 is 0 Å². The van der Waals surface area contributed by atoms with Crippen molar-refractivity contribution in [3.05, 3.63) is 28.6 Å². The lowest BCUT2D eigenvalue weighted by Crippen LogP contribution is -2.43. The molecular weight excluding hydrogens is 491 g/mol. The van der Waals surface area contributed by atoms with Gasteiger partial charge in [-0.05, 0) is 52.0 Å². The zero-order valence-corrected chi connectivity index (χ0v) is 21.4. The molecule has 0 aromatic carbocycles. The Morgan fingerprint density at radius 1 is 1.20 bits per heavy atom. The molecule has 3 rings (SSSR count). The molecule has 1 unspecified atom stereocenters. The van der Waals surface area contributed by atoms with Crippen LogP contribution in [0.4, 0.5) is 0 Å². The Hall–Kier alpha value is -1.65. The highest BCUT2D eigenvalue weighted by atomic mass is 127. The van der Waals surface area contributed by atoms with E-state index in [1.54, 1.807) is 0 Å². The molecule has 2 N–H and O–H groups in total. The average molecular weight is 528 g/mol. The fourth-order valence-corrected chi connectivity index (χ4v) is 4.08. The van der Waals surface area contributed by atoms with Gasteiger partial charge in [-0.15, -0.1) is 34.2 Å². The fourth-order valence-electron chi connectivity index (χ4n) is 4.08. The highest BCUT2D eigenvalue weighted by Gasteiger charge is 2.15. The summed E-state index contributed by atoms with van der Waals surface area (Å²) in [6, 6.07) is 0.273. The van der Waals surface area contributed by atoms with Crippen LogP contribution >= 0.6 is 24.0 Å². The third-order valence-electron chi connectivity index (χ3n) is 5.83. The van der Waals surface area contributed by atoms with Crippen molar-refractivity contribution in [1.82, 2.24) is 35.2 Å². The van der Waals surface area contributed by atoms with E-state index in [4.69, 9.17) is 0 Å². The standard InChI is InChI=1S/C21H36N8.HI/c1-15(14-18-16(2)27-28(5)17(18)3)24-21(22-4)23-12-9-11-20-26-25-19-10-7-6-8-13-29(19)20;/h15H,6-14H2,1-5H3,(H2,22,23,24);1H. The van der Waals surface area contributed by atoms with Crippen molar-refractivity contribution >= 4 is 29.9 Å². The zero-order valence-electron chi connectivity index (χ0n) is 19.0. The van der Waals surface area contributed by atoms with Crippen molar-refractivity contribution in [3.8, 4) is 0 Å². The molecule has 0 saturated heterocycles. The van der Waals surface area contributed by atoms with E-state index in [9.17, 15) is 0 Å². The van der Waals surface area contributed by atoms with Crippen LogP contribution in [0.15, 0.2) is 4.99 Å². The van der Waals surface area contributed by atoms with Gasteiger partial charge in [0.25, 0.3) is 0 Å². The van der Waals surface area contributed by atoms with Gasteiger partial charge in [0.15, 0.2) is 5.96 Å². The summed E-state index contributed by atoms with van der Waals surface area (Å²) in [6.07, 6.45) is 7.71. The van der Waals surface area contributed by atoms with E-state index in [0.717, 1.165) is 62.1 Å². The highest BCUT2D eigenvalue weighted by Crippen LogP contribution is 2.15. The molecule has 8 nitrogen and oxygen atoms in total. The average Bonchev–Trinajstić information content (AvgIpc) is 3.07. The van der Waals surface area contributed by atoms with Gasteiger partial charge in [-0.2, -0.15) is 5.10 Å². The number of aryl methyl sites for hydroxylation is 4. The number of hydrogen-bond donors (Lipinski definition) is 2. The van der Waals surface area contributed by atoms with Crippen molar-refractivity contribution in [3.63, 3.8) is 0 Å². The van der Waals surface area contributed by atoms with Gasteiger partial charge in [0.2, 0.25) is 0 Å². The largest absolute Gasteiger partial charge is 0.356 e. The highest BCUT2D eigenvalue weighted by molar-refractivity contribution is 14.0. The molecule has 0 radical (unpaired) electrons. The van der Waals surface area contributed by atoms with E-state index in [2.05, 4.69) is 56.3 Å². The Balaban J connectivity index is 0.00000320. The topological polar surface area (TPSA) is 84.9 Å². The van der Waals surface area contributed by atoms with Gasteiger partial charge in [-0.25, -0.2) is 0 Å². The second-order valence-corrected chi connectivity index (χ2v) is 8.12. The molecule has 30 heavy (non-hydrogen) atoms. The van der Waals surface area contributed by atoms with Crippen LogP contribution < -0.4 is 10.6 Å². The van der Waals surface area contributed by atoms with Crippen LogP contribution in [0, 0.1) is 13.8 Å². The van der Waals surface area contributed by atoms with Crippen LogP contribution in [0.3, 0.4) is 0 Å². The van der Waals surface area contributed by atoms with Gasteiger partial charge in [-0.3, -0.25) is 9.67 Å². The SMILES string of the molecule is CN=C(NCCCc1nnc2n1CCCCC2)NC(C)Cc1c(C)nn(C)c1C.I. The van der Waals surface area contributed by atoms with Gasteiger partial charge < -0.3 is 15.2 Å². The van der Waals surface area contributed by atoms with Gasteiger partial charge in [-0.1, -0.05) is 6.42 Å². The Labute approximate surface area is 197 Å². The van der Waals surface area contributed by atoms with Crippen LogP contribution in [0.2, 0.25) is 0 Å². The third-order valence-corrected chi connectivity index (χ3v) is 5.83. The first-order chi connectivity index (χ1) is 14.0. The molecule has 0 bridgehead atoms. The van der Waals surface area contributed by atoms with Crippen LogP contribution in [0.5, 0.6) is 0 Å². The Bertz CT molecular complexity index is 838. The summed E-state index contributed by atoms with van der Waals surface area (Å²) in [7, 11) is 3.82. The molecule has 3 heterocycles. The lowest BCUT2D eigenvalue weighted by molar-refractivity contribution is 0.591. The third kappa shape index (κ3) is 6.18. The van der Waals surface area contributed by atoms with Crippen molar-refractivity contribution < 1.29 is 0 Å². The van der Waals surface area contributed by atoms with Crippen molar-refractivity contribution in [2.75, 3.05) is 13.6 Å². The molecule has 2 aromatic heterocycles. The number of fused-ring (bicyclic) bond motifs is 1. The van der Waals surface area contributed by atoms with Crippen LogP contribution in [-0.4, -0.2) is 50.1 Å². The first-order valence-corrected chi connectivity index (χ1v) is 10.9. The molecule has 0 fully saturated rings. The minimum absolute atomic E-state index is 0. The van der Waals surface area contributed by atoms with E-state index in [0.29, 0.717) is 0 Å². The quantitative estimate of drug-likeness (QED) is 0.250. The summed E-state index contributed by atoms with van der Waals surface area (Å²) >= 11 is 0. The summed E-state index contributed by atoms with van der Waals surface area (Å²) in [6.45, 7) is 8.32. The molecule has 1 aliphatic heterocycles. The minimum atomic E-state index is 0. The molecule has 2 aromatic rings. The molecule has 0 saturated carbocycles. The van der Waals surface area contributed by atoms with E-state index in [-0.39, 0.29) is 30.0 Å². The molecule has 1 atom stereocenters. The number of guanidine groups is 1. The molecule has 1 aliphatic rings. The van der Waals surface area contributed by atoms with E-state index in [1.165, 1.54) is 30.5 Å². The number of hydrogen-bond acceptors (Lipinski definition) is 4. The molecule has 0 aliphatic carbocycles. The van der Waals surface area contributed by atoms with Crippen molar-refractivity contribution in [2.45, 2.75) is 78.3 Å². The number of nitrogens with zero attached hydrogens (tertiary/aromatic N) is 6. The number of nitrogens with one attached hydrogen (secondary N) is 2. The van der Waals surface area contributed by atoms with Crippen LogP contribution in [0.25, 0.3) is 0 Å². The second kappa shape index (κ2) is 11.7. The summed E-state index contributed by atoms with van der Waals surface area (Å²) in [4.78, 5) is 4.38. The molecule has 0 spiro atoms. The second-order valence-electron chi connectivity index (χ2n) is 8.12. The first-order valence-electron chi connectivity index (χ1n) is 10.9. The molecule has 168 valence electrons.